The van der Waals surface area contributed by atoms with E-state index in [1.54, 1.807) is 22.3 Å². The van der Waals surface area contributed by atoms with Crippen LogP contribution in [0, 0.1) is 47.3 Å². The van der Waals surface area contributed by atoms with Gasteiger partial charge in [-0.15, -0.1) is 11.3 Å². The summed E-state index contributed by atoms with van der Waals surface area (Å²) >= 11 is 1.95. The molecule has 7 aromatic rings. The number of benzene rings is 6. The average Bonchev–Trinajstić information content (AvgIpc) is 3.82. The number of fused-ring (bicyclic) bond motifs is 10. The van der Waals surface area contributed by atoms with Crippen LogP contribution in [0.1, 0.15) is 92.9 Å². The standard InChI is InChI=1S/C57H51NS/c1-4-11-48-43(8-1)45-20-18-41(31-50(45)56(48)37-17-16-33-22-34(25-37)26-38(56)24-33)58(52-13-7-15-54-55(52)47-10-3-6-14-53(47)59-54)42-19-21-46-44-9-2-5-12-49(44)57(51(46)32-42)39-27-35-23-36(29-39)30-40(57)28-35/h1-15,18-21,31-40H,16-17,22-30H2. The molecule has 0 aliphatic heterocycles. The van der Waals surface area contributed by atoms with E-state index in [-0.39, 0.29) is 10.8 Å². The summed E-state index contributed by atoms with van der Waals surface area (Å²) in [5.41, 5.74) is 16.8. The van der Waals surface area contributed by atoms with Crippen molar-refractivity contribution in [2.75, 3.05) is 4.90 Å². The molecule has 8 bridgehead atoms. The molecular weight excluding hydrogens is 731 g/mol. The van der Waals surface area contributed by atoms with E-state index in [4.69, 9.17) is 0 Å². The summed E-state index contributed by atoms with van der Waals surface area (Å²) in [7, 11) is 0. The molecule has 0 radical (unpaired) electrons. The van der Waals surface area contributed by atoms with Crippen LogP contribution in [0.5, 0.6) is 0 Å². The number of rotatable bonds is 3. The maximum absolute atomic E-state index is 2.74. The van der Waals surface area contributed by atoms with Gasteiger partial charge in [-0.2, -0.15) is 0 Å². The molecule has 17 rings (SSSR count). The van der Waals surface area contributed by atoms with Gasteiger partial charge in [0.1, 0.15) is 0 Å². The minimum Gasteiger partial charge on any atom is -0.310 e. The summed E-state index contributed by atoms with van der Waals surface area (Å²) < 4.78 is 2.75. The van der Waals surface area contributed by atoms with Gasteiger partial charge >= 0.3 is 0 Å². The number of thiophene rings is 1. The highest BCUT2D eigenvalue weighted by atomic mass is 32.1. The van der Waals surface area contributed by atoms with Crippen LogP contribution in [-0.4, -0.2) is 0 Å². The third-order valence-electron chi connectivity index (χ3n) is 18.5. The number of hydrogen-bond donors (Lipinski definition) is 0. The van der Waals surface area contributed by atoms with Crippen molar-refractivity contribution < 1.29 is 0 Å². The van der Waals surface area contributed by atoms with Crippen LogP contribution < -0.4 is 4.90 Å². The summed E-state index contributed by atoms with van der Waals surface area (Å²) in [4.78, 5) is 2.73. The molecule has 8 fully saturated rings. The molecule has 0 saturated heterocycles. The van der Waals surface area contributed by atoms with Crippen molar-refractivity contribution in [3.63, 3.8) is 0 Å². The molecule has 1 aromatic heterocycles. The van der Waals surface area contributed by atoms with E-state index in [0.29, 0.717) is 0 Å². The molecule has 5 unspecified atom stereocenters. The fourth-order valence-corrected chi connectivity index (χ4v) is 18.2. The SMILES string of the molecule is c1ccc2c(c1)-c1ccc(N(c3ccc4c(c3)C3(c5ccccc5-4)C4CC5CC(C4)CC3C5)c3cccc4sc5ccccc5c34)cc1C21C2CCC3CC(C2)CC1C3. The van der Waals surface area contributed by atoms with Crippen molar-refractivity contribution >= 4 is 48.6 Å². The lowest BCUT2D eigenvalue weighted by Crippen LogP contribution is -2.55. The summed E-state index contributed by atoms with van der Waals surface area (Å²) in [6.07, 6.45) is 15.6. The van der Waals surface area contributed by atoms with Crippen LogP contribution in [0.2, 0.25) is 0 Å². The number of hydrogen-bond acceptors (Lipinski definition) is 2. The summed E-state index contributed by atoms with van der Waals surface area (Å²) in [5, 5.41) is 2.77. The lowest BCUT2D eigenvalue weighted by Gasteiger charge is -2.61. The van der Waals surface area contributed by atoms with Gasteiger partial charge in [-0.3, -0.25) is 0 Å². The van der Waals surface area contributed by atoms with E-state index in [9.17, 15) is 0 Å². The Morgan fingerprint density at radius 1 is 0.407 bits per heavy atom. The van der Waals surface area contributed by atoms with E-state index in [1.165, 1.54) is 130 Å². The topological polar surface area (TPSA) is 3.24 Å². The van der Waals surface area contributed by atoms with Crippen molar-refractivity contribution in [3.05, 3.63) is 150 Å². The summed E-state index contributed by atoms with van der Waals surface area (Å²) in [5.74, 6) is 6.65. The van der Waals surface area contributed by atoms with E-state index < -0.39 is 0 Å². The summed E-state index contributed by atoms with van der Waals surface area (Å²) in [6, 6.07) is 51.2. The van der Waals surface area contributed by atoms with E-state index in [2.05, 4.69) is 132 Å². The quantitative estimate of drug-likeness (QED) is 0.173. The third kappa shape index (κ3) is 4.09. The van der Waals surface area contributed by atoms with Crippen LogP contribution in [0.15, 0.2) is 127 Å². The Labute approximate surface area is 352 Å². The molecule has 5 atom stereocenters. The van der Waals surface area contributed by atoms with Gasteiger partial charge < -0.3 is 4.90 Å². The molecule has 2 heteroatoms. The Kier molecular flexibility index (Phi) is 6.50. The Bertz CT molecular complexity index is 2890. The second kappa shape index (κ2) is 11.6. The van der Waals surface area contributed by atoms with Gasteiger partial charge in [-0.05, 0) is 199 Å². The molecule has 10 aliphatic rings. The average molecular weight is 782 g/mol. The Morgan fingerprint density at radius 2 is 0.915 bits per heavy atom. The lowest BCUT2D eigenvalue weighted by atomic mass is 9.43. The van der Waals surface area contributed by atoms with Gasteiger partial charge in [0.25, 0.3) is 0 Å². The van der Waals surface area contributed by atoms with E-state index in [0.717, 1.165) is 47.3 Å². The predicted molar refractivity (Wildman–Crippen MR) is 245 cm³/mol. The Balaban J connectivity index is 0.992. The van der Waals surface area contributed by atoms with Crippen LogP contribution in [0.4, 0.5) is 17.1 Å². The molecule has 59 heavy (non-hydrogen) atoms. The second-order valence-electron chi connectivity index (χ2n) is 20.8. The number of nitrogens with zero attached hydrogens (tertiary/aromatic N) is 1. The zero-order valence-corrected chi connectivity index (χ0v) is 34.7. The molecule has 0 N–H and O–H groups in total. The first-order chi connectivity index (χ1) is 29.2. The molecule has 10 aliphatic carbocycles. The molecule has 0 amide bonds. The maximum atomic E-state index is 2.74. The van der Waals surface area contributed by atoms with Gasteiger partial charge in [0.15, 0.2) is 0 Å². The molecule has 1 nitrogen and oxygen atoms in total. The first-order valence-electron chi connectivity index (χ1n) is 23.4. The normalized spacial score (nSPS) is 33.5. The first kappa shape index (κ1) is 33.1. The lowest BCUT2D eigenvalue weighted by molar-refractivity contribution is -0.0399. The first-order valence-corrected chi connectivity index (χ1v) is 24.2. The van der Waals surface area contributed by atoms with Crippen LogP contribution in [0.3, 0.4) is 0 Å². The minimum absolute atomic E-state index is 0.115. The molecular formula is C57H51NS. The highest BCUT2D eigenvalue weighted by Gasteiger charge is 2.62. The molecule has 2 spiro atoms. The Hall–Kier alpha value is -4.66. The molecule has 8 saturated carbocycles. The smallest absolute Gasteiger partial charge is 0.0554 e. The third-order valence-corrected chi connectivity index (χ3v) is 19.7. The van der Waals surface area contributed by atoms with E-state index in [1.807, 2.05) is 11.3 Å². The van der Waals surface area contributed by atoms with Gasteiger partial charge in [-0.1, -0.05) is 91.3 Å². The minimum atomic E-state index is 0.115. The fourth-order valence-electron chi connectivity index (χ4n) is 17.1. The van der Waals surface area contributed by atoms with Crippen molar-refractivity contribution in [1.29, 1.82) is 0 Å². The van der Waals surface area contributed by atoms with Gasteiger partial charge in [0, 0.05) is 42.4 Å². The van der Waals surface area contributed by atoms with Gasteiger partial charge in [-0.25, -0.2) is 0 Å². The van der Waals surface area contributed by atoms with Crippen molar-refractivity contribution in [2.24, 2.45) is 47.3 Å². The highest BCUT2D eigenvalue weighted by molar-refractivity contribution is 7.26. The second-order valence-corrected chi connectivity index (χ2v) is 21.9. The Morgan fingerprint density at radius 3 is 1.58 bits per heavy atom. The maximum Gasteiger partial charge on any atom is 0.0554 e. The molecule has 6 aromatic carbocycles. The van der Waals surface area contributed by atoms with Crippen LogP contribution in [0.25, 0.3) is 42.4 Å². The zero-order chi connectivity index (χ0) is 38.2. The van der Waals surface area contributed by atoms with Crippen molar-refractivity contribution in [2.45, 2.75) is 81.5 Å². The van der Waals surface area contributed by atoms with E-state index >= 15 is 0 Å². The highest BCUT2D eigenvalue weighted by Crippen LogP contribution is 2.71. The predicted octanol–water partition coefficient (Wildman–Crippen LogP) is 15.4. The van der Waals surface area contributed by atoms with Crippen LogP contribution in [-0.2, 0) is 10.8 Å². The monoisotopic (exact) mass is 781 g/mol. The van der Waals surface area contributed by atoms with Crippen molar-refractivity contribution in [1.82, 2.24) is 0 Å². The fraction of sp³-hybridized carbons (Fsp3) is 0.368. The van der Waals surface area contributed by atoms with Gasteiger partial charge in [0.2, 0.25) is 0 Å². The number of anilines is 3. The van der Waals surface area contributed by atoms with Crippen molar-refractivity contribution in [3.8, 4) is 22.3 Å². The molecule has 290 valence electrons. The largest absolute Gasteiger partial charge is 0.310 e. The van der Waals surface area contributed by atoms with Gasteiger partial charge in [0.05, 0.1) is 5.69 Å². The zero-order valence-electron chi connectivity index (χ0n) is 33.9. The molecule has 1 heterocycles. The van der Waals surface area contributed by atoms with Crippen LogP contribution >= 0.6 is 11.3 Å². The summed E-state index contributed by atoms with van der Waals surface area (Å²) in [6.45, 7) is 0.